The zero-order valence-corrected chi connectivity index (χ0v) is 13.2. The average Bonchev–Trinajstić information content (AvgIpc) is 3.04. The van der Waals surface area contributed by atoms with Gasteiger partial charge in [-0.2, -0.15) is 0 Å². The molecule has 0 radical (unpaired) electrons. The number of methoxy groups -OCH3 is 1. The molecule has 0 bridgehead atoms. The Kier molecular flexibility index (Phi) is 3.34. The molecule has 0 fully saturated rings. The summed E-state index contributed by atoms with van der Waals surface area (Å²) in [6, 6.07) is 14.9. The van der Waals surface area contributed by atoms with Crippen LogP contribution < -0.4 is 10.1 Å². The van der Waals surface area contributed by atoms with Crippen molar-refractivity contribution in [3.8, 4) is 5.75 Å². The first-order chi connectivity index (χ1) is 10.8. The van der Waals surface area contributed by atoms with Crippen molar-refractivity contribution in [1.82, 2.24) is 0 Å². The predicted octanol–water partition coefficient (Wildman–Crippen LogP) is 5.18. The van der Waals surface area contributed by atoms with Gasteiger partial charge in [0.25, 0.3) is 0 Å². The lowest BCUT2D eigenvalue weighted by atomic mass is 9.77. The Morgan fingerprint density at radius 2 is 1.95 bits per heavy atom. The minimum Gasteiger partial charge on any atom is -0.497 e. The molecule has 1 N–H and O–H groups in total. The van der Waals surface area contributed by atoms with Gasteiger partial charge in [0.15, 0.2) is 0 Å². The molecule has 0 aromatic heterocycles. The van der Waals surface area contributed by atoms with Gasteiger partial charge in [0, 0.05) is 16.6 Å². The molecule has 0 unspecified atom stereocenters. The topological polar surface area (TPSA) is 21.3 Å². The third-order valence-electron chi connectivity index (χ3n) is 4.80. The molecule has 112 valence electrons. The summed E-state index contributed by atoms with van der Waals surface area (Å²) in [6.07, 6.45) is 5.72. The summed E-state index contributed by atoms with van der Waals surface area (Å²) in [7, 11) is 1.70. The Balaban J connectivity index is 1.74. The summed E-state index contributed by atoms with van der Waals surface area (Å²) >= 11 is 6.19. The zero-order valence-electron chi connectivity index (χ0n) is 12.4. The number of allylic oxidation sites excluding steroid dienone is 2. The largest absolute Gasteiger partial charge is 0.497 e. The normalized spacial score (nSPS) is 25.3. The molecule has 1 aliphatic heterocycles. The number of hydrogen-bond donors (Lipinski definition) is 1. The molecule has 0 saturated carbocycles. The van der Waals surface area contributed by atoms with Crippen molar-refractivity contribution in [3.63, 3.8) is 0 Å². The quantitative estimate of drug-likeness (QED) is 0.772. The molecule has 22 heavy (non-hydrogen) atoms. The van der Waals surface area contributed by atoms with E-state index in [9.17, 15) is 0 Å². The first-order valence-corrected chi connectivity index (χ1v) is 8.00. The van der Waals surface area contributed by atoms with E-state index in [1.807, 2.05) is 18.2 Å². The minimum absolute atomic E-state index is 0.319. The highest BCUT2D eigenvalue weighted by Gasteiger charge is 2.37. The molecule has 2 aliphatic rings. The number of fused-ring (bicyclic) bond motifs is 3. The van der Waals surface area contributed by atoms with Crippen molar-refractivity contribution in [3.05, 3.63) is 70.8 Å². The predicted molar refractivity (Wildman–Crippen MR) is 90.8 cm³/mol. The van der Waals surface area contributed by atoms with E-state index >= 15 is 0 Å². The molecule has 1 aliphatic carbocycles. The van der Waals surface area contributed by atoms with Crippen molar-refractivity contribution in [2.75, 3.05) is 12.4 Å². The molecule has 4 rings (SSSR count). The molecule has 3 atom stereocenters. The molecule has 3 heteroatoms. The Labute approximate surface area is 135 Å². The molecule has 2 nitrogen and oxygen atoms in total. The van der Waals surface area contributed by atoms with Gasteiger partial charge < -0.3 is 10.1 Å². The van der Waals surface area contributed by atoms with Gasteiger partial charge in [-0.1, -0.05) is 35.9 Å². The number of rotatable bonds is 2. The molecule has 2 aromatic rings. The van der Waals surface area contributed by atoms with E-state index in [0.717, 1.165) is 17.2 Å². The van der Waals surface area contributed by atoms with E-state index in [-0.39, 0.29) is 0 Å². The Morgan fingerprint density at radius 3 is 2.73 bits per heavy atom. The lowest BCUT2D eigenvalue weighted by Gasteiger charge is -2.37. The van der Waals surface area contributed by atoms with Crippen LogP contribution >= 0.6 is 11.6 Å². The van der Waals surface area contributed by atoms with Gasteiger partial charge in [0.05, 0.1) is 13.2 Å². The van der Waals surface area contributed by atoms with Crippen LogP contribution in [0.4, 0.5) is 5.69 Å². The number of hydrogen-bond acceptors (Lipinski definition) is 2. The van der Waals surface area contributed by atoms with Crippen molar-refractivity contribution in [2.24, 2.45) is 5.92 Å². The Morgan fingerprint density at radius 1 is 1.14 bits per heavy atom. The molecule has 1 heterocycles. The lowest BCUT2D eigenvalue weighted by Crippen LogP contribution is -2.28. The van der Waals surface area contributed by atoms with Gasteiger partial charge in [-0.25, -0.2) is 0 Å². The van der Waals surface area contributed by atoms with E-state index in [4.69, 9.17) is 16.3 Å². The molecule has 2 aromatic carbocycles. The van der Waals surface area contributed by atoms with Crippen LogP contribution in [-0.4, -0.2) is 7.11 Å². The molecular formula is C19H18ClNO. The van der Waals surface area contributed by atoms with E-state index in [1.54, 1.807) is 7.11 Å². The van der Waals surface area contributed by atoms with Gasteiger partial charge in [-0.05, 0) is 53.8 Å². The fraction of sp³-hybridized carbons (Fsp3) is 0.263. The van der Waals surface area contributed by atoms with Crippen LogP contribution in [0.3, 0.4) is 0 Å². The number of anilines is 1. The number of nitrogens with one attached hydrogen (secondary N) is 1. The minimum atomic E-state index is 0.319. The van der Waals surface area contributed by atoms with Gasteiger partial charge in [-0.3, -0.25) is 0 Å². The third-order valence-corrected chi connectivity index (χ3v) is 5.03. The summed E-state index contributed by atoms with van der Waals surface area (Å²) in [4.78, 5) is 0. The van der Waals surface area contributed by atoms with Crippen LogP contribution in [0.2, 0.25) is 5.02 Å². The molecule has 0 spiro atoms. The monoisotopic (exact) mass is 311 g/mol. The van der Waals surface area contributed by atoms with Crippen molar-refractivity contribution >= 4 is 17.3 Å². The average molecular weight is 312 g/mol. The number of halogens is 1. The first kappa shape index (κ1) is 13.7. The van der Waals surface area contributed by atoms with Crippen molar-refractivity contribution in [1.29, 1.82) is 0 Å². The summed E-state index contributed by atoms with van der Waals surface area (Å²) in [5.41, 5.74) is 3.81. The highest BCUT2D eigenvalue weighted by molar-refractivity contribution is 6.30. The number of benzene rings is 2. The Bertz CT molecular complexity index is 723. The Hall–Kier alpha value is -1.93. The maximum Gasteiger partial charge on any atom is 0.118 e. The van der Waals surface area contributed by atoms with Crippen LogP contribution in [0, 0.1) is 5.92 Å². The standard InChI is InChI=1S/C19H18ClNO/c1-22-14-8-5-12(6-9-14)19-16-4-2-3-15(16)17-11-13(20)7-10-18(17)21-19/h2-3,5-11,15-16,19,21H,4H2,1H3/t15-,16+,19+/m1/s1. The second kappa shape index (κ2) is 5.36. The zero-order chi connectivity index (χ0) is 15.1. The van der Waals surface area contributed by atoms with Crippen LogP contribution in [0.1, 0.15) is 29.5 Å². The second-order valence-corrected chi connectivity index (χ2v) is 6.42. The fourth-order valence-electron chi connectivity index (χ4n) is 3.71. The van der Waals surface area contributed by atoms with Crippen molar-refractivity contribution in [2.45, 2.75) is 18.4 Å². The van der Waals surface area contributed by atoms with Gasteiger partial charge in [0.1, 0.15) is 5.75 Å². The highest BCUT2D eigenvalue weighted by Crippen LogP contribution is 2.50. The van der Waals surface area contributed by atoms with E-state index in [2.05, 4.69) is 41.7 Å². The maximum absolute atomic E-state index is 6.19. The third kappa shape index (κ3) is 2.19. The number of ether oxygens (including phenoxy) is 1. The van der Waals surface area contributed by atoms with Gasteiger partial charge >= 0.3 is 0 Å². The smallest absolute Gasteiger partial charge is 0.118 e. The summed E-state index contributed by atoms with van der Waals surface area (Å²) in [5.74, 6) is 1.88. The van der Waals surface area contributed by atoms with Gasteiger partial charge in [0.2, 0.25) is 0 Å². The van der Waals surface area contributed by atoms with E-state index in [0.29, 0.717) is 17.9 Å². The van der Waals surface area contributed by atoms with Crippen LogP contribution in [-0.2, 0) is 0 Å². The fourth-order valence-corrected chi connectivity index (χ4v) is 3.89. The first-order valence-electron chi connectivity index (χ1n) is 7.63. The SMILES string of the molecule is COc1ccc([C@@H]2Nc3ccc(Cl)cc3[C@@H]3C=CC[C@@H]32)cc1. The van der Waals surface area contributed by atoms with Crippen LogP contribution in [0.25, 0.3) is 0 Å². The second-order valence-electron chi connectivity index (χ2n) is 5.98. The van der Waals surface area contributed by atoms with Crippen LogP contribution in [0.5, 0.6) is 5.75 Å². The lowest BCUT2D eigenvalue weighted by molar-refractivity contribution is 0.411. The summed E-state index contributed by atoms with van der Waals surface area (Å²) in [6.45, 7) is 0. The molecule has 0 saturated heterocycles. The van der Waals surface area contributed by atoms with E-state index in [1.165, 1.54) is 16.8 Å². The van der Waals surface area contributed by atoms with Gasteiger partial charge in [-0.15, -0.1) is 0 Å². The van der Waals surface area contributed by atoms with Crippen molar-refractivity contribution < 1.29 is 4.74 Å². The highest BCUT2D eigenvalue weighted by atomic mass is 35.5. The maximum atomic E-state index is 6.19. The summed E-state index contributed by atoms with van der Waals surface area (Å²) in [5, 5.41) is 4.52. The molecular weight excluding hydrogens is 294 g/mol. The molecule has 0 amide bonds. The van der Waals surface area contributed by atoms with E-state index < -0.39 is 0 Å². The van der Waals surface area contributed by atoms with Crippen LogP contribution in [0.15, 0.2) is 54.6 Å². The summed E-state index contributed by atoms with van der Waals surface area (Å²) < 4.78 is 5.27.